The van der Waals surface area contributed by atoms with Crippen LogP contribution in [-0.2, 0) is 6.54 Å². The van der Waals surface area contributed by atoms with E-state index in [2.05, 4.69) is 5.10 Å². The van der Waals surface area contributed by atoms with Gasteiger partial charge in [-0.25, -0.2) is 14.0 Å². The number of carbonyl (C=O) groups is 2. The molecule has 0 radical (unpaired) electrons. The van der Waals surface area contributed by atoms with Crippen molar-refractivity contribution in [1.82, 2.24) is 9.78 Å². The summed E-state index contributed by atoms with van der Waals surface area (Å²) in [4.78, 5) is 22.8. The highest BCUT2D eigenvalue weighted by molar-refractivity contribution is 5.93. The Morgan fingerprint density at radius 3 is 2.65 bits per heavy atom. The van der Waals surface area contributed by atoms with Gasteiger partial charge in [0, 0.05) is 12.6 Å². The normalized spacial score (nSPS) is 10.3. The van der Waals surface area contributed by atoms with Gasteiger partial charge in [-0.05, 0) is 19.1 Å². The lowest BCUT2D eigenvalue weighted by Crippen LogP contribution is -2.11. The summed E-state index contributed by atoms with van der Waals surface area (Å²) in [7, 11) is 0. The summed E-state index contributed by atoms with van der Waals surface area (Å²) in [5.74, 6) is -3.04. The Bertz CT molecular complexity index is 666. The van der Waals surface area contributed by atoms with Gasteiger partial charge >= 0.3 is 11.9 Å². The number of para-hydroxylation sites is 1. The molecule has 0 fully saturated rings. The van der Waals surface area contributed by atoms with Crippen LogP contribution in [0.3, 0.4) is 0 Å². The van der Waals surface area contributed by atoms with Crippen LogP contribution in [0.1, 0.15) is 27.9 Å². The number of esters is 1. The predicted octanol–water partition coefficient (Wildman–Crippen LogP) is 1.96. The fraction of sp³-hybridized carbons (Fsp3) is 0.154. The van der Waals surface area contributed by atoms with Crippen LogP contribution in [0.2, 0.25) is 0 Å². The zero-order valence-corrected chi connectivity index (χ0v) is 10.5. The lowest BCUT2D eigenvalue weighted by Gasteiger charge is -2.02. The predicted molar refractivity (Wildman–Crippen MR) is 66.2 cm³/mol. The first-order valence-corrected chi connectivity index (χ1v) is 5.80. The molecule has 0 aliphatic heterocycles. The Morgan fingerprint density at radius 1 is 1.40 bits per heavy atom. The second kappa shape index (κ2) is 5.52. The van der Waals surface area contributed by atoms with Crippen LogP contribution in [0.15, 0.2) is 30.3 Å². The third-order valence-corrected chi connectivity index (χ3v) is 2.55. The smallest absolute Gasteiger partial charge is 0.364 e. The molecule has 0 unspecified atom stereocenters. The molecule has 1 heterocycles. The maximum atomic E-state index is 13.3. The number of benzene rings is 1. The lowest BCUT2D eigenvalue weighted by molar-refractivity contribution is 0.0681. The largest absolute Gasteiger partial charge is 0.477 e. The summed E-state index contributed by atoms with van der Waals surface area (Å²) in [6, 6.07) is 6.51. The highest BCUT2D eigenvalue weighted by atomic mass is 19.1. The fourth-order valence-electron chi connectivity index (χ4n) is 1.61. The van der Waals surface area contributed by atoms with E-state index < -0.39 is 17.8 Å². The summed E-state index contributed by atoms with van der Waals surface area (Å²) in [5, 5.41) is 12.8. The van der Waals surface area contributed by atoms with Crippen LogP contribution in [0.5, 0.6) is 5.75 Å². The topological polar surface area (TPSA) is 81.4 Å². The van der Waals surface area contributed by atoms with E-state index in [1.807, 2.05) is 0 Å². The second-order valence-electron chi connectivity index (χ2n) is 3.86. The van der Waals surface area contributed by atoms with Gasteiger partial charge in [-0.3, -0.25) is 4.68 Å². The number of nitrogens with zero attached hydrogens (tertiary/aromatic N) is 2. The van der Waals surface area contributed by atoms with Gasteiger partial charge in [0.05, 0.1) is 0 Å². The number of ether oxygens (including phenoxy) is 1. The van der Waals surface area contributed by atoms with E-state index in [9.17, 15) is 14.0 Å². The number of carboxylic acids is 1. The summed E-state index contributed by atoms with van der Waals surface area (Å²) >= 11 is 0. The Labute approximate surface area is 113 Å². The quantitative estimate of drug-likeness (QED) is 0.683. The van der Waals surface area contributed by atoms with Crippen molar-refractivity contribution < 1.29 is 23.8 Å². The van der Waals surface area contributed by atoms with E-state index in [1.54, 1.807) is 6.92 Å². The number of aromatic carboxylic acids is 1. The van der Waals surface area contributed by atoms with Gasteiger partial charge in [-0.1, -0.05) is 12.1 Å². The van der Waals surface area contributed by atoms with Crippen molar-refractivity contribution in [2.24, 2.45) is 0 Å². The molecular formula is C13H11FN2O4. The van der Waals surface area contributed by atoms with Crippen LogP contribution in [0.25, 0.3) is 0 Å². The van der Waals surface area contributed by atoms with E-state index in [0.717, 1.165) is 16.8 Å². The zero-order chi connectivity index (χ0) is 14.7. The van der Waals surface area contributed by atoms with Crippen LogP contribution in [0.4, 0.5) is 4.39 Å². The highest BCUT2D eigenvalue weighted by Gasteiger charge is 2.20. The van der Waals surface area contributed by atoms with Gasteiger partial charge in [0.15, 0.2) is 17.3 Å². The van der Waals surface area contributed by atoms with Crippen LogP contribution in [-0.4, -0.2) is 26.8 Å². The molecule has 104 valence electrons. The van der Waals surface area contributed by atoms with E-state index >= 15 is 0 Å². The minimum absolute atomic E-state index is 0.131. The van der Waals surface area contributed by atoms with Gasteiger partial charge < -0.3 is 9.84 Å². The summed E-state index contributed by atoms with van der Waals surface area (Å²) in [6.45, 7) is 1.97. The molecule has 0 amide bonds. The first-order valence-electron chi connectivity index (χ1n) is 5.80. The van der Waals surface area contributed by atoms with E-state index in [-0.39, 0.29) is 23.7 Å². The van der Waals surface area contributed by atoms with Crippen molar-refractivity contribution >= 4 is 11.9 Å². The van der Waals surface area contributed by atoms with E-state index in [1.165, 1.54) is 18.2 Å². The van der Waals surface area contributed by atoms with Crippen molar-refractivity contribution in [2.45, 2.75) is 13.5 Å². The monoisotopic (exact) mass is 278 g/mol. The number of carboxylic acid groups (broad SMARTS) is 1. The summed E-state index contributed by atoms with van der Waals surface area (Å²) in [5.41, 5.74) is -0.319. The Kier molecular flexibility index (Phi) is 3.79. The zero-order valence-electron chi connectivity index (χ0n) is 10.5. The molecular weight excluding hydrogens is 267 g/mol. The Morgan fingerprint density at radius 2 is 2.10 bits per heavy atom. The maximum Gasteiger partial charge on any atom is 0.364 e. The van der Waals surface area contributed by atoms with Gasteiger partial charge in [-0.15, -0.1) is 0 Å². The third-order valence-electron chi connectivity index (χ3n) is 2.55. The van der Waals surface area contributed by atoms with Crippen molar-refractivity contribution in [3.8, 4) is 5.75 Å². The molecule has 0 spiro atoms. The molecule has 0 aliphatic carbocycles. The van der Waals surface area contributed by atoms with E-state index in [0.29, 0.717) is 0 Å². The average molecular weight is 278 g/mol. The molecule has 2 rings (SSSR count). The van der Waals surface area contributed by atoms with Crippen LogP contribution in [0, 0.1) is 5.82 Å². The number of hydrogen-bond acceptors (Lipinski definition) is 4. The molecule has 6 nitrogen and oxygen atoms in total. The van der Waals surface area contributed by atoms with Crippen LogP contribution >= 0.6 is 0 Å². The Balaban J connectivity index is 2.26. The fourth-order valence-corrected chi connectivity index (χ4v) is 1.61. The number of rotatable bonds is 4. The molecule has 0 aliphatic rings. The number of halogens is 1. The molecule has 0 saturated carbocycles. The van der Waals surface area contributed by atoms with Gasteiger partial charge in [0.2, 0.25) is 0 Å². The molecule has 7 heteroatoms. The molecule has 20 heavy (non-hydrogen) atoms. The van der Waals surface area contributed by atoms with Crippen molar-refractivity contribution in [2.75, 3.05) is 0 Å². The molecule has 0 bridgehead atoms. The molecule has 1 aromatic heterocycles. The van der Waals surface area contributed by atoms with Crippen molar-refractivity contribution in [3.05, 3.63) is 47.5 Å². The van der Waals surface area contributed by atoms with Gasteiger partial charge in [0.1, 0.15) is 5.69 Å². The van der Waals surface area contributed by atoms with Crippen molar-refractivity contribution in [1.29, 1.82) is 0 Å². The van der Waals surface area contributed by atoms with Gasteiger partial charge in [-0.2, -0.15) is 5.10 Å². The van der Waals surface area contributed by atoms with E-state index in [4.69, 9.17) is 9.84 Å². The third kappa shape index (κ3) is 2.66. The molecule has 1 aromatic carbocycles. The number of aromatic nitrogens is 2. The van der Waals surface area contributed by atoms with Crippen molar-refractivity contribution in [3.63, 3.8) is 0 Å². The first-order chi connectivity index (χ1) is 9.52. The highest BCUT2D eigenvalue weighted by Crippen LogP contribution is 2.17. The summed E-state index contributed by atoms with van der Waals surface area (Å²) < 4.78 is 19.3. The molecule has 0 saturated heterocycles. The minimum Gasteiger partial charge on any atom is -0.477 e. The number of aryl methyl sites for hydroxylation is 1. The van der Waals surface area contributed by atoms with Crippen LogP contribution < -0.4 is 4.74 Å². The molecule has 1 N–H and O–H groups in total. The average Bonchev–Trinajstić information content (AvgIpc) is 2.86. The standard InChI is InChI=1S/C13H11FN2O4/c1-2-16-10(12(17)18)7-9(15-16)13(19)20-11-6-4-3-5-8(11)14/h3-7H,2H2,1H3,(H,17,18). The first kappa shape index (κ1) is 13.7. The maximum absolute atomic E-state index is 13.3. The Hall–Kier alpha value is -2.70. The molecule has 2 aromatic rings. The number of hydrogen-bond donors (Lipinski definition) is 1. The number of carbonyl (C=O) groups excluding carboxylic acids is 1. The molecule has 0 atom stereocenters. The van der Waals surface area contributed by atoms with Gasteiger partial charge in [0.25, 0.3) is 0 Å². The lowest BCUT2D eigenvalue weighted by atomic mass is 10.3. The minimum atomic E-state index is -1.20. The second-order valence-corrected chi connectivity index (χ2v) is 3.86. The summed E-state index contributed by atoms with van der Waals surface area (Å²) in [6.07, 6.45) is 0. The SMILES string of the molecule is CCn1nc(C(=O)Oc2ccccc2F)cc1C(=O)O.